The summed E-state index contributed by atoms with van der Waals surface area (Å²) < 4.78 is 27.5. The molecule has 3 aromatic carbocycles. The predicted octanol–water partition coefficient (Wildman–Crippen LogP) is 7.10. The van der Waals surface area contributed by atoms with Crippen LogP contribution in [0.4, 0.5) is 10.1 Å². The molecular weight excluding hydrogens is 534 g/mol. The SMILES string of the molecule is O=C(N[C@H]1CCOc2ccccc21)c1sc2c(-c3cc(Cl)cc(Cl)c3)ccc(F)c2c1N1CCOCC1. The van der Waals surface area contributed by atoms with E-state index in [0.29, 0.717) is 70.0 Å². The average molecular weight is 557 g/mol. The predicted molar refractivity (Wildman–Crippen MR) is 147 cm³/mol. The van der Waals surface area contributed by atoms with E-state index in [9.17, 15) is 4.79 Å². The Kier molecular flexibility index (Phi) is 6.71. The van der Waals surface area contributed by atoms with Crippen molar-refractivity contribution in [1.29, 1.82) is 0 Å². The average Bonchev–Trinajstić information content (AvgIpc) is 3.31. The summed E-state index contributed by atoms with van der Waals surface area (Å²) in [5, 5.41) is 4.60. The molecule has 190 valence electrons. The van der Waals surface area contributed by atoms with E-state index in [0.717, 1.165) is 22.4 Å². The number of carbonyl (C=O) groups is 1. The van der Waals surface area contributed by atoms with Gasteiger partial charge in [0.05, 0.1) is 36.9 Å². The molecule has 4 aromatic rings. The Morgan fingerprint density at radius 3 is 2.57 bits per heavy atom. The van der Waals surface area contributed by atoms with Gasteiger partial charge in [0.2, 0.25) is 0 Å². The molecule has 0 unspecified atom stereocenters. The van der Waals surface area contributed by atoms with Crippen LogP contribution >= 0.6 is 34.5 Å². The van der Waals surface area contributed by atoms with Crippen molar-refractivity contribution in [3.8, 4) is 16.9 Å². The third kappa shape index (κ3) is 4.66. The first-order chi connectivity index (χ1) is 18.0. The van der Waals surface area contributed by atoms with Gasteiger partial charge in [0, 0.05) is 39.8 Å². The summed E-state index contributed by atoms with van der Waals surface area (Å²) in [6.07, 6.45) is 0.654. The summed E-state index contributed by atoms with van der Waals surface area (Å²) in [5.41, 5.74) is 3.09. The van der Waals surface area contributed by atoms with E-state index in [-0.39, 0.29) is 17.8 Å². The van der Waals surface area contributed by atoms with Gasteiger partial charge in [-0.1, -0.05) is 47.5 Å². The molecule has 2 aliphatic rings. The van der Waals surface area contributed by atoms with Crippen LogP contribution < -0.4 is 15.0 Å². The minimum Gasteiger partial charge on any atom is -0.493 e. The number of nitrogens with one attached hydrogen (secondary N) is 1. The number of anilines is 1. The number of carbonyl (C=O) groups excluding carboxylic acids is 1. The fourth-order valence-electron chi connectivity index (χ4n) is 5.04. The van der Waals surface area contributed by atoms with Crippen molar-refractivity contribution in [3.63, 3.8) is 0 Å². The first kappa shape index (κ1) is 24.5. The first-order valence-electron chi connectivity index (χ1n) is 12.1. The number of hydrogen-bond acceptors (Lipinski definition) is 5. The van der Waals surface area contributed by atoms with E-state index in [2.05, 4.69) is 5.32 Å². The maximum Gasteiger partial charge on any atom is 0.264 e. The molecule has 37 heavy (non-hydrogen) atoms. The maximum atomic E-state index is 15.5. The Balaban J connectivity index is 1.49. The number of thiophene rings is 1. The molecule has 0 spiro atoms. The van der Waals surface area contributed by atoms with Crippen LogP contribution in [-0.4, -0.2) is 38.8 Å². The second-order valence-electron chi connectivity index (χ2n) is 9.04. The van der Waals surface area contributed by atoms with E-state index in [1.54, 1.807) is 24.3 Å². The minimum atomic E-state index is -0.375. The van der Waals surface area contributed by atoms with Crippen LogP contribution in [0.25, 0.3) is 21.2 Å². The van der Waals surface area contributed by atoms with Gasteiger partial charge in [-0.15, -0.1) is 11.3 Å². The van der Waals surface area contributed by atoms with Crippen LogP contribution in [0.5, 0.6) is 5.75 Å². The lowest BCUT2D eigenvalue weighted by atomic mass is 10.00. The third-order valence-corrected chi connectivity index (χ3v) is 8.38. The lowest BCUT2D eigenvalue weighted by Gasteiger charge is -2.30. The van der Waals surface area contributed by atoms with Crippen molar-refractivity contribution >= 4 is 56.2 Å². The summed E-state index contributed by atoms with van der Waals surface area (Å²) >= 11 is 13.9. The van der Waals surface area contributed by atoms with Crippen molar-refractivity contribution in [2.24, 2.45) is 0 Å². The Labute approximate surface area is 227 Å². The van der Waals surface area contributed by atoms with Crippen LogP contribution in [0.3, 0.4) is 0 Å². The van der Waals surface area contributed by atoms with E-state index < -0.39 is 0 Å². The molecule has 1 N–H and O–H groups in total. The summed E-state index contributed by atoms with van der Waals surface area (Å²) in [6, 6.07) is 15.9. The van der Waals surface area contributed by atoms with Crippen molar-refractivity contribution in [2.75, 3.05) is 37.8 Å². The van der Waals surface area contributed by atoms with Crippen LogP contribution in [0, 0.1) is 5.82 Å². The lowest BCUT2D eigenvalue weighted by molar-refractivity contribution is 0.0928. The third-order valence-electron chi connectivity index (χ3n) is 6.73. The molecular formula is C28H23Cl2FN2O3S. The highest BCUT2D eigenvalue weighted by Crippen LogP contribution is 2.46. The summed E-state index contributed by atoms with van der Waals surface area (Å²) in [5.74, 6) is 0.161. The molecule has 1 atom stereocenters. The summed E-state index contributed by atoms with van der Waals surface area (Å²) in [6.45, 7) is 2.67. The zero-order valence-corrected chi connectivity index (χ0v) is 22.1. The molecule has 6 rings (SSSR count). The van der Waals surface area contributed by atoms with Crippen LogP contribution in [-0.2, 0) is 4.74 Å². The zero-order valence-electron chi connectivity index (χ0n) is 19.7. The van der Waals surface area contributed by atoms with Gasteiger partial charge in [-0.3, -0.25) is 4.79 Å². The fourth-order valence-corrected chi connectivity index (χ4v) is 6.85. The number of amides is 1. The number of fused-ring (bicyclic) bond motifs is 2. The Hall–Kier alpha value is -2.84. The second-order valence-corrected chi connectivity index (χ2v) is 10.9. The van der Waals surface area contributed by atoms with Gasteiger partial charge in [-0.2, -0.15) is 0 Å². The van der Waals surface area contributed by atoms with Gasteiger partial charge in [0.25, 0.3) is 5.91 Å². The molecule has 0 aliphatic carbocycles. The zero-order chi connectivity index (χ0) is 25.5. The highest BCUT2D eigenvalue weighted by molar-refractivity contribution is 7.22. The first-order valence-corrected chi connectivity index (χ1v) is 13.6. The normalized spacial score (nSPS) is 17.4. The number of para-hydroxylation sites is 1. The molecule has 0 radical (unpaired) electrons. The number of hydrogen-bond donors (Lipinski definition) is 1. The Morgan fingerprint density at radius 2 is 1.78 bits per heavy atom. The van der Waals surface area contributed by atoms with Gasteiger partial charge in [-0.25, -0.2) is 4.39 Å². The molecule has 1 amide bonds. The molecule has 0 bridgehead atoms. The maximum absolute atomic E-state index is 15.5. The van der Waals surface area contributed by atoms with Crippen molar-refractivity contribution in [2.45, 2.75) is 12.5 Å². The van der Waals surface area contributed by atoms with Gasteiger partial charge >= 0.3 is 0 Å². The quantitative estimate of drug-likeness (QED) is 0.291. The molecule has 0 saturated carbocycles. The van der Waals surface area contributed by atoms with Crippen molar-refractivity contribution < 1.29 is 18.7 Å². The second kappa shape index (κ2) is 10.1. The number of ether oxygens (including phenoxy) is 2. The monoisotopic (exact) mass is 556 g/mol. The Bertz CT molecular complexity index is 1480. The fraction of sp³-hybridized carbons (Fsp3) is 0.250. The van der Waals surface area contributed by atoms with Gasteiger partial charge in [0.15, 0.2) is 0 Å². The van der Waals surface area contributed by atoms with E-state index in [4.69, 9.17) is 32.7 Å². The number of halogens is 3. The molecule has 2 aliphatic heterocycles. The molecule has 3 heterocycles. The number of morpholine rings is 1. The van der Waals surface area contributed by atoms with Gasteiger partial charge in [0.1, 0.15) is 16.4 Å². The van der Waals surface area contributed by atoms with Gasteiger partial charge in [-0.05, 0) is 41.5 Å². The molecule has 1 saturated heterocycles. The number of rotatable bonds is 4. The van der Waals surface area contributed by atoms with Gasteiger partial charge < -0.3 is 19.7 Å². The topological polar surface area (TPSA) is 50.8 Å². The minimum absolute atomic E-state index is 0.198. The van der Waals surface area contributed by atoms with E-state index in [1.807, 2.05) is 29.2 Å². The highest BCUT2D eigenvalue weighted by Gasteiger charge is 2.30. The Morgan fingerprint density at radius 1 is 1.03 bits per heavy atom. The molecule has 1 aromatic heterocycles. The number of nitrogens with zero attached hydrogens (tertiary/aromatic N) is 1. The largest absolute Gasteiger partial charge is 0.493 e. The molecule has 1 fully saturated rings. The van der Waals surface area contributed by atoms with Crippen molar-refractivity contribution in [1.82, 2.24) is 5.32 Å². The van der Waals surface area contributed by atoms with E-state index >= 15 is 4.39 Å². The summed E-state index contributed by atoms with van der Waals surface area (Å²) in [7, 11) is 0. The number of benzene rings is 3. The molecule has 9 heteroatoms. The molecule has 5 nitrogen and oxygen atoms in total. The summed E-state index contributed by atoms with van der Waals surface area (Å²) in [4.78, 5) is 16.4. The van der Waals surface area contributed by atoms with Crippen LogP contribution in [0.2, 0.25) is 10.0 Å². The highest BCUT2D eigenvalue weighted by atomic mass is 35.5. The standard InChI is InChI=1S/C28H23Cl2FN2O3S/c29-17-13-16(14-18(30)15-17)19-5-6-21(31)24-25(33-8-11-35-12-9-33)27(37-26(19)24)28(34)32-22-7-10-36-23-4-2-1-3-20(22)23/h1-6,13-15,22H,7-12H2,(H,32,34)/t22-/m0/s1. The van der Waals surface area contributed by atoms with Crippen LogP contribution in [0.1, 0.15) is 27.7 Å². The smallest absolute Gasteiger partial charge is 0.264 e. The lowest BCUT2D eigenvalue weighted by Crippen LogP contribution is -2.38. The van der Waals surface area contributed by atoms with E-state index in [1.165, 1.54) is 17.4 Å². The van der Waals surface area contributed by atoms with Crippen LogP contribution in [0.15, 0.2) is 54.6 Å². The van der Waals surface area contributed by atoms with Crippen molar-refractivity contribution in [3.05, 3.63) is 80.9 Å².